The van der Waals surface area contributed by atoms with Crippen molar-refractivity contribution >= 4 is 23.2 Å². The van der Waals surface area contributed by atoms with Crippen molar-refractivity contribution in [3.8, 4) is 5.75 Å². The van der Waals surface area contributed by atoms with E-state index in [-0.39, 0.29) is 16.9 Å². The summed E-state index contributed by atoms with van der Waals surface area (Å²) in [6.45, 7) is 5.09. The van der Waals surface area contributed by atoms with E-state index in [2.05, 4.69) is 12.2 Å². The van der Waals surface area contributed by atoms with Crippen molar-refractivity contribution in [2.75, 3.05) is 6.54 Å². The highest BCUT2D eigenvalue weighted by molar-refractivity contribution is 6.35. The number of halogens is 2. The second kappa shape index (κ2) is 7.19. The molecule has 5 heteroatoms. The lowest BCUT2D eigenvalue weighted by Gasteiger charge is -2.15. The zero-order valence-electron chi connectivity index (χ0n) is 10.6. The predicted molar refractivity (Wildman–Crippen MR) is 75.3 cm³/mol. The summed E-state index contributed by atoms with van der Waals surface area (Å²) < 4.78 is 0. The van der Waals surface area contributed by atoms with Crippen LogP contribution in [0, 0.1) is 5.92 Å². The summed E-state index contributed by atoms with van der Waals surface area (Å²) in [7, 11) is 0. The van der Waals surface area contributed by atoms with Crippen LogP contribution in [0.3, 0.4) is 0 Å². The van der Waals surface area contributed by atoms with Crippen LogP contribution in [0.15, 0.2) is 12.1 Å². The molecule has 3 nitrogen and oxygen atoms in total. The number of phenolic OH excluding ortho intramolecular Hbond substituents is 1. The zero-order valence-corrected chi connectivity index (χ0v) is 12.1. The van der Waals surface area contributed by atoms with Gasteiger partial charge in [0.1, 0.15) is 5.75 Å². The molecule has 2 unspecified atom stereocenters. The van der Waals surface area contributed by atoms with Gasteiger partial charge >= 0.3 is 0 Å². The Morgan fingerprint density at radius 1 is 1.28 bits per heavy atom. The molecule has 3 N–H and O–H groups in total. The minimum Gasteiger partial charge on any atom is -0.506 e. The third-order valence-electron chi connectivity index (χ3n) is 2.66. The summed E-state index contributed by atoms with van der Waals surface area (Å²) in [5, 5.41) is 23.0. The number of phenols is 1. The smallest absolute Gasteiger partial charge is 0.138 e. The Bertz CT molecular complexity index is 397. The molecule has 0 spiro atoms. The van der Waals surface area contributed by atoms with Crippen molar-refractivity contribution in [2.45, 2.75) is 32.9 Å². The molecule has 0 saturated carbocycles. The third kappa shape index (κ3) is 5.02. The maximum Gasteiger partial charge on any atom is 0.138 e. The molecule has 2 atom stereocenters. The van der Waals surface area contributed by atoms with Crippen LogP contribution in [0.25, 0.3) is 0 Å². The fourth-order valence-electron chi connectivity index (χ4n) is 1.87. The van der Waals surface area contributed by atoms with Crippen molar-refractivity contribution in [1.29, 1.82) is 0 Å². The van der Waals surface area contributed by atoms with E-state index >= 15 is 0 Å². The fraction of sp³-hybridized carbons (Fsp3) is 0.538. The van der Waals surface area contributed by atoms with Gasteiger partial charge in [-0.15, -0.1) is 0 Å². The monoisotopic (exact) mass is 291 g/mol. The van der Waals surface area contributed by atoms with Gasteiger partial charge in [-0.2, -0.15) is 0 Å². The molecular weight excluding hydrogens is 273 g/mol. The maximum absolute atomic E-state index is 9.76. The normalized spacial score (nSPS) is 14.5. The van der Waals surface area contributed by atoms with Crippen LogP contribution in [0.4, 0.5) is 0 Å². The van der Waals surface area contributed by atoms with Gasteiger partial charge in [-0.05, 0) is 37.9 Å². The second-order valence-corrected chi connectivity index (χ2v) is 5.56. The fourth-order valence-corrected chi connectivity index (χ4v) is 2.41. The molecule has 0 aromatic heterocycles. The Kier molecular flexibility index (Phi) is 6.22. The van der Waals surface area contributed by atoms with Crippen molar-refractivity contribution in [1.82, 2.24) is 5.32 Å². The van der Waals surface area contributed by atoms with Crippen LogP contribution in [-0.4, -0.2) is 22.9 Å². The van der Waals surface area contributed by atoms with Crippen molar-refractivity contribution < 1.29 is 10.2 Å². The van der Waals surface area contributed by atoms with E-state index in [1.54, 1.807) is 13.0 Å². The molecule has 0 aliphatic carbocycles. The van der Waals surface area contributed by atoms with Crippen molar-refractivity contribution in [3.05, 3.63) is 27.7 Å². The first kappa shape index (κ1) is 15.6. The Morgan fingerprint density at radius 3 is 2.56 bits per heavy atom. The van der Waals surface area contributed by atoms with Crippen LogP contribution in [0.1, 0.15) is 25.8 Å². The molecule has 1 rings (SSSR count). The number of rotatable bonds is 6. The molecular formula is C13H19Cl2NO2. The Labute approximate surface area is 118 Å². The standard InChI is InChI=1S/C13H19Cl2NO2/c1-8(3-9(2)17)6-16-7-10-4-11(14)5-12(15)13(10)18/h4-5,8-9,16-18H,3,6-7H2,1-2H3. The number of aliphatic hydroxyl groups is 1. The van der Waals surface area contributed by atoms with E-state index in [1.807, 2.05) is 0 Å². The van der Waals surface area contributed by atoms with E-state index in [4.69, 9.17) is 23.2 Å². The predicted octanol–water partition coefficient (Wildman–Crippen LogP) is 3.20. The van der Waals surface area contributed by atoms with Gasteiger partial charge in [-0.25, -0.2) is 0 Å². The molecule has 1 aromatic rings. The first-order valence-corrected chi connectivity index (χ1v) is 6.71. The van der Waals surface area contributed by atoms with Crippen LogP contribution in [0.5, 0.6) is 5.75 Å². The highest BCUT2D eigenvalue weighted by atomic mass is 35.5. The van der Waals surface area contributed by atoms with Crippen LogP contribution >= 0.6 is 23.2 Å². The highest BCUT2D eigenvalue weighted by Gasteiger charge is 2.09. The average Bonchev–Trinajstić information content (AvgIpc) is 2.23. The van der Waals surface area contributed by atoms with Gasteiger partial charge in [0.05, 0.1) is 11.1 Å². The minimum atomic E-state index is -0.296. The van der Waals surface area contributed by atoms with Gasteiger partial charge in [0.2, 0.25) is 0 Å². The number of nitrogens with one attached hydrogen (secondary N) is 1. The molecule has 0 aliphatic rings. The van der Waals surface area contributed by atoms with Gasteiger partial charge in [0.25, 0.3) is 0 Å². The van der Waals surface area contributed by atoms with Crippen LogP contribution < -0.4 is 5.32 Å². The Balaban J connectivity index is 2.49. The minimum absolute atomic E-state index is 0.0664. The average molecular weight is 292 g/mol. The third-order valence-corrected chi connectivity index (χ3v) is 3.17. The van der Waals surface area contributed by atoms with Gasteiger partial charge in [0, 0.05) is 17.1 Å². The molecule has 0 heterocycles. The second-order valence-electron chi connectivity index (χ2n) is 4.72. The SMILES string of the molecule is CC(O)CC(C)CNCc1cc(Cl)cc(Cl)c1O. The summed E-state index contributed by atoms with van der Waals surface area (Å²) >= 11 is 11.7. The number of aromatic hydroxyl groups is 1. The van der Waals surface area contributed by atoms with Gasteiger partial charge in [-0.3, -0.25) is 0 Å². The molecule has 18 heavy (non-hydrogen) atoms. The molecule has 1 aromatic carbocycles. The highest BCUT2D eigenvalue weighted by Crippen LogP contribution is 2.30. The summed E-state index contributed by atoms with van der Waals surface area (Å²) in [5.41, 5.74) is 0.678. The number of hydrogen-bond donors (Lipinski definition) is 3. The Hall–Kier alpha value is -0.480. The molecule has 0 aliphatic heterocycles. The van der Waals surface area contributed by atoms with Gasteiger partial charge in [-0.1, -0.05) is 30.1 Å². The lowest BCUT2D eigenvalue weighted by Crippen LogP contribution is -2.23. The lowest BCUT2D eigenvalue weighted by molar-refractivity contribution is 0.163. The number of hydrogen-bond acceptors (Lipinski definition) is 3. The summed E-state index contributed by atoms with van der Waals surface area (Å²) in [6, 6.07) is 3.20. The topological polar surface area (TPSA) is 52.5 Å². The molecule has 0 radical (unpaired) electrons. The molecule has 0 saturated heterocycles. The van der Waals surface area contributed by atoms with Crippen molar-refractivity contribution in [2.24, 2.45) is 5.92 Å². The van der Waals surface area contributed by atoms with E-state index in [0.717, 1.165) is 13.0 Å². The quantitative estimate of drug-likeness (QED) is 0.754. The molecule has 0 fully saturated rings. The summed E-state index contributed by atoms with van der Waals surface area (Å²) in [5.74, 6) is 0.429. The summed E-state index contributed by atoms with van der Waals surface area (Å²) in [4.78, 5) is 0. The molecule has 0 amide bonds. The van der Waals surface area contributed by atoms with E-state index in [9.17, 15) is 10.2 Å². The van der Waals surface area contributed by atoms with E-state index < -0.39 is 0 Å². The first-order chi connectivity index (χ1) is 8.40. The lowest BCUT2D eigenvalue weighted by atomic mass is 10.0. The maximum atomic E-state index is 9.76. The van der Waals surface area contributed by atoms with Gasteiger partial charge in [0.15, 0.2) is 0 Å². The van der Waals surface area contributed by atoms with Crippen LogP contribution in [-0.2, 0) is 6.54 Å². The van der Waals surface area contributed by atoms with Crippen LogP contribution in [0.2, 0.25) is 10.0 Å². The largest absolute Gasteiger partial charge is 0.506 e. The Morgan fingerprint density at radius 2 is 1.94 bits per heavy atom. The first-order valence-electron chi connectivity index (χ1n) is 5.95. The van der Waals surface area contributed by atoms with E-state index in [0.29, 0.717) is 23.0 Å². The number of aliphatic hydroxyl groups excluding tert-OH is 1. The summed E-state index contributed by atoms with van der Waals surface area (Å²) in [6.07, 6.45) is 0.450. The van der Waals surface area contributed by atoms with Gasteiger partial charge < -0.3 is 15.5 Å². The molecule has 0 bridgehead atoms. The zero-order chi connectivity index (χ0) is 13.7. The van der Waals surface area contributed by atoms with Crippen molar-refractivity contribution in [3.63, 3.8) is 0 Å². The number of benzene rings is 1. The van der Waals surface area contributed by atoms with E-state index in [1.165, 1.54) is 6.07 Å². The molecule has 102 valence electrons.